The largest absolute Gasteiger partial charge is 0.464 e. The highest BCUT2D eigenvalue weighted by atomic mass is 16.5. The number of benzene rings is 1. The second-order valence-electron chi connectivity index (χ2n) is 5.24. The molecule has 0 bridgehead atoms. The van der Waals surface area contributed by atoms with Crippen LogP contribution in [0.15, 0.2) is 30.3 Å². The van der Waals surface area contributed by atoms with E-state index in [4.69, 9.17) is 10.5 Å². The van der Waals surface area contributed by atoms with E-state index in [0.717, 1.165) is 18.4 Å². The maximum atomic E-state index is 12.0. The van der Waals surface area contributed by atoms with Crippen LogP contribution >= 0.6 is 0 Å². The van der Waals surface area contributed by atoms with E-state index in [1.165, 1.54) is 0 Å². The predicted molar refractivity (Wildman–Crippen MR) is 73.0 cm³/mol. The summed E-state index contributed by atoms with van der Waals surface area (Å²) in [4.78, 5) is 12.0. The summed E-state index contributed by atoms with van der Waals surface area (Å²) in [6.45, 7) is 6.43. The van der Waals surface area contributed by atoms with Crippen molar-refractivity contribution >= 4 is 5.97 Å². The van der Waals surface area contributed by atoms with Crippen LogP contribution in [0.25, 0.3) is 0 Å². The molecule has 3 nitrogen and oxygen atoms in total. The summed E-state index contributed by atoms with van der Waals surface area (Å²) < 4.78 is 5.25. The van der Waals surface area contributed by atoms with Gasteiger partial charge in [-0.2, -0.15) is 0 Å². The quantitative estimate of drug-likeness (QED) is 0.623. The van der Waals surface area contributed by atoms with Gasteiger partial charge in [-0.25, -0.2) is 4.79 Å². The van der Waals surface area contributed by atoms with E-state index in [0.29, 0.717) is 12.5 Å². The second kappa shape index (κ2) is 6.55. The van der Waals surface area contributed by atoms with Gasteiger partial charge in [0.25, 0.3) is 0 Å². The standard InChI is InChI=1S/C15H23NO2/c1-12(2)8-7-11-18-14(17)15(3,16)13-9-5-4-6-10-13/h4-6,9-10,12H,7-8,11,16H2,1-3H3. The van der Waals surface area contributed by atoms with Crippen molar-refractivity contribution in [1.82, 2.24) is 0 Å². The van der Waals surface area contributed by atoms with Crippen LogP contribution in [0.3, 0.4) is 0 Å². The average molecular weight is 249 g/mol. The first-order valence-corrected chi connectivity index (χ1v) is 6.46. The molecule has 0 spiro atoms. The first-order valence-electron chi connectivity index (χ1n) is 6.46. The van der Waals surface area contributed by atoms with Crippen molar-refractivity contribution < 1.29 is 9.53 Å². The van der Waals surface area contributed by atoms with Crippen LogP contribution in [0.2, 0.25) is 0 Å². The summed E-state index contributed by atoms with van der Waals surface area (Å²) >= 11 is 0. The SMILES string of the molecule is CC(C)CCCOC(=O)C(C)(N)c1ccccc1. The lowest BCUT2D eigenvalue weighted by molar-refractivity contribution is -0.150. The molecule has 0 fully saturated rings. The minimum absolute atomic E-state index is 0.363. The number of ether oxygens (including phenoxy) is 1. The first-order chi connectivity index (χ1) is 8.44. The summed E-state index contributed by atoms with van der Waals surface area (Å²) in [6, 6.07) is 9.32. The Morgan fingerprint density at radius 3 is 2.50 bits per heavy atom. The highest BCUT2D eigenvalue weighted by Crippen LogP contribution is 2.19. The summed E-state index contributed by atoms with van der Waals surface area (Å²) in [5, 5.41) is 0. The van der Waals surface area contributed by atoms with Crippen LogP contribution in [0, 0.1) is 5.92 Å². The van der Waals surface area contributed by atoms with Gasteiger partial charge in [-0.15, -0.1) is 0 Å². The number of nitrogens with two attached hydrogens (primary N) is 1. The Hall–Kier alpha value is -1.35. The van der Waals surface area contributed by atoms with Crippen molar-refractivity contribution in [3.8, 4) is 0 Å². The van der Waals surface area contributed by atoms with Crippen LogP contribution in [0.4, 0.5) is 0 Å². The van der Waals surface area contributed by atoms with E-state index >= 15 is 0 Å². The molecule has 0 amide bonds. The smallest absolute Gasteiger partial charge is 0.330 e. The van der Waals surface area contributed by atoms with E-state index in [1.807, 2.05) is 30.3 Å². The van der Waals surface area contributed by atoms with Gasteiger partial charge < -0.3 is 10.5 Å². The highest BCUT2D eigenvalue weighted by Gasteiger charge is 2.31. The van der Waals surface area contributed by atoms with Gasteiger partial charge in [0.15, 0.2) is 0 Å². The number of hydrogen-bond acceptors (Lipinski definition) is 3. The summed E-state index contributed by atoms with van der Waals surface area (Å²) in [5.74, 6) is 0.263. The van der Waals surface area contributed by atoms with Crippen LogP contribution < -0.4 is 5.73 Å². The van der Waals surface area contributed by atoms with Crippen LogP contribution in [-0.2, 0) is 15.1 Å². The van der Waals surface area contributed by atoms with Gasteiger partial charge in [0.05, 0.1) is 6.61 Å². The predicted octanol–water partition coefficient (Wildman–Crippen LogP) is 2.84. The Balaban J connectivity index is 2.50. The molecule has 1 aromatic rings. The van der Waals surface area contributed by atoms with E-state index < -0.39 is 5.54 Å². The number of carbonyl (C=O) groups is 1. The maximum Gasteiger partial charge on any atom is 0.330 e. The zero-order chi connectivity index (χ0) is 13.6. The Morgan fingerprint density at radius 1 is 1.33 bits per heavy atom. The normalized spacial score (nSPS) is 14.3. The number of esters is 1. The minimum Gasteiger partial charge on any atom is -0.464 e. The van der Waals surface area contributed by atoms with E-state index in [9.17, 15) is 4.79 Å². The molecule has 0 aliphatic heterocycles. The molecular formula is C15H23NO2. The van der Waals surface area contributed by atoms with Crippen LogP contribution in [-0.4, -0.2) is 12.6 Å². The monoisotopic (exact) mass is 249 g/mol. The fourth-order valence-corrected chi connectivity index (χ4v) is 1.71. The lowest BCUT2D eigenvalue weighted by Crippen LogP contribution is -2.43. The highest BCUT2D eigenvalue weighted by molar-refractivity contribution is 5.81. The Labute approximate surface area is 109 Å². The second-order valence-corrected chi connectivity index (χ2v) is 5.24. The van der Waals surface area contributed by atoms with E-state index in [-0.39, 0.29) is 5.97 Å². The minimum atomic E-state index is -1.07. The van der Waals surface area contributed by atoms with Gasteiger partial charge in [0.1, 0.15) is 5.54 Å². The Bertz CT molecular complexity index is 371. The van der Waals surface area contributed by atoms with Gasteiger partial charge in [-0.3, -0.25) is 0 Å². The molecule has 1 unspecified atom stereocenters. The Kier molecular flexibility index (Phi) is 5.35. The first kappa shape index (κ1) is 14.7. The third-order valence-corrected chi connectivity index (χ3v) is 2.96. The summed E-state index contributed by atoms with van der Waals surface area (Å²) in [5.41, 5.74) is 5.76. The van der Waals surface area contributed by atoms with Gasteiger partial charge in [-0.05, 0) is 31.2 Å². The average Bonchev–Trinajstić information content (AvgIpc) is 2.35. The Morgan fingerprint density at radius 2 is 1.94 bits per heavy atom. The van der Waals surface area contributed by atoms with Crippen LogP contribution in [0.5, 0.6) is 0 Å². The molecule has 0 saturated carbocycles. The zero-order valence-corrected chi connectivity index (χ0v) is 11.5. The fourth-order valence-electron chi connectivity index (χ4n) is 1.71. The molecule has 0 aliphatic rings. The van der Waals surface area contributed by atoms with E-state index in [1.54, 1.807) is 6.92 Å². The van der Waals surface area contributed by atoms with Gasteiger partial charge in [0, 0.05) is 0 Å². The maximum absolute atomic E-state index is 12.0. The molecule has 0 aromatic heterocycles. The lowest BCUT2D eigenvalue weighted by Gasteiger charge is -2.23. The fraction of sp³-hybridized carbons (Fsp3) is 0.533. The molecule has 100 valence electrons. The molecule has 1 atom stereocenters. The molecule has 1 aromatic carbocycles. The molecule has 3 heteroatoms. The molecule has 0 radical (unpaired) electrons. The van der Waals surface area contributed by atoms with Crippen molar-refractivity contribution in [3.05, 3.63) is 35.9 Å². The number of rotatable bonds is 6. The van der Waals surface area contributed by atoms with Gasteiger partial charge in [-0.1, -0.05) is 44.2 Å². The molecule has 2 N–H and O–H groups in total. The molecule has 0 aliphatic carbocycles. The van der Waals surface area contributed by atoms with Gasteiger partial charge >= 0.3 is 5.97 Å². The van der Waals surface area contributed by atoms with Crippen molar-refractivity contribution in [1.29, 1.82) is 0 Å². The van der Waals surface area contributed by atoms with Gasteiger partial charge in [0.2, 0.25) is 0 Å². The third kappa shape index (κ3) is 4.15. The van der Waals surface area contributed by atoms with Crippen LogP contribution in [0.1, 0.15) is 39.2 Å². The summed E-state index contributed by atoms with van der Waals surface area (Å²) in [6.07, 6.45) is 1.94. The third-order valence-electron chi connectivity index (χ3n) is 2.96. The molecule has 0 heterocycles. The lowest BCUT2D eigenvalue weighted by atomic mass is 9.93. The van der Waals surface area contributed by atoms with E-state index in [2.05, 4.69) is 13.8 Å². The zero-order valence-electron chi connectivity index (χ0n) is 11.5. The number of hydrogen-bond donors (Lipinski definition) is 1. The van der Waals surface area contributed by atoms with Crippen molar-refractivity contribution in [2.24, 2.45) is 11.7 Å². The van der Waals surface area contributed by atoms with Crippen molar-refractivity contribution in [2.75, 3.05) is 6.61 Å². The molecule has 18 heavy (non-hydrogen) atoms. The topological polar surface area (TPSA) is 52.3 Å². The molecule has 1 rings (SSSR count). The molecule has 0 saturated heterocycles. The number of carbonyl (C=O) groups excluding carboxylic acids is 1. The summed E-state index contributed by atoms with van der Waals surface area (Å²) in [7, 11) is 0. The van der Waals surface area contributed by atoms with Crippen molar-refractivity contribution in [2.45, 2.75) is 39.2 Å². The molecular weight excluding hydrogens is 226 g/mol. The van der Waals surface area contributed by atoms with Crippen molar-refractivity contribution in [3.63, 3.8) is 0 Å².